The number of aromatic nitrogens is 3. The van der Waals surface area contributed by atoms with Gasteiger partial charge in [-0.15, -0.1) is 5.10 Å². The predicted molar refractivity (Wildman–Crippen MR) is 72.7 cm³/mol. The van der Waals surface area contributed by atoms with E-state index in [2.05, 4.69) is 20.5 Å². The van der Waals surface area contributed by atoms with Crippen molar-refractivity contribution in [1.29, 1.82) is 0 Å². The van der Waals surface area contributed by atoms with Crippen LogP contribution in [0.1, 0.15) is 13.3 Å². The number of anilines is 1. The Labute approximate surface area is 120 Å². The maximum Gasteiger partial charge on any atom is 0.337 e. The zero-order valence-electron chi connectivity index (χ0n) is 11.4. The number of hydrogen-bond donors (Lipinski definition) is 2. The Hall–Kier alpha value is -2.64. The molecular formula is C13H15FN4O3. The number of carbonyl (C=O) groups excluding carboxylic acids is 1. The zero-order chi connectivity index (χ0) is 15.1. The highest BCUT2D eigenvalue weighted by molar-refractivity contribution is 5.88. The second-order valence-corrected chi connectivity index (χ2v) is 4.00. The van der Waals surface area contributed by atoms with Crippen LogP contribution in [0.15, 0.2) is 24.3 Å². The van der Waals surface area contributed by atoms with Crippen molar-refractivity contribution < 1.29 is 18.7 Å². The van der Waals surface area contributed by atoms with Gasteiger partial charge in [0.25, 0.3) is 0 Å². The zero-order valence-corrected chi connectivity index (χ0v) is 11.4. The lowest BCUT2D eigenvalue weighted by molar-refractivity contribution is -0.116. The lowest BCUT2D eigenvalue weighted by atomic mass is 10.3. The van der Waals surface area contributed by atoms with Crippen LogP contribution in [0.4, 0.5) is 10.3 Å². The Balaban J connectivity index is 1.74. The molecule has 0 bridgehead atoms. The highest BCUT2D eigenvalue weighted by atomic mass is 19.1. The monoisotopic (exact) mass is 294 g/mol. The molecule has 7 nitrogen and oxygen atoms in total. The number of nitrogens with one attached hydrogen (secondary N) is 2. The first-order valence-corrected chi connectivity index (χ1v) is 6.41. The van der Waals surface area contributed by atoms with Crippen LogP contribution in [-0.4, -0.2) is 34.3 Å². The number of amides is 1. The smallest absolute Gasteiger partial charge is 0.337 e. The van der Waals surface area contributed by atoms with Gasteiger partial charge >= 0.3 is 6.01 Å². The Morgan fingerprint density at radius 2 is 2.29 bits per heavy atom. The summed E-state index contributed by atoms with van der Waals surface area (Å²) in [6.45, 7) is 2.37. The Morgan fingerprint density at radius 3 is 3.05 bits per heavy atom. The molecule has 0 saturated carbocycles. The first-order chi connectivity index (χ1) is 10.2. The summed E-state index contributed by atoms with van der Waals surface area (Å²) >= 11 is 0. The fourth-order valence-corrected chi connectivity index (χ4v) is 1.51. The highest BCUT2D eigenvalue weighted by Gasteiger charge is 2.08. The average Bonchev–Trinajstić information content (AvgIpc) is 2.86. The third-order valence-corrected chi connectivity index (χ3v) is 2.39. The maximum atomic E-state index is 12.9. The van der Waals surface area contributed by atoms with Gasteiger partial charge in [-0.05, 0) is 19.1 Å². The SMILES string of the molecule is CCOc1n[nH]c(NC(=O)CCOc2cccc(F)c2)n1. The summed E-state index contributed by atoms with van der Waals surface area (Å²) in [4.78, 5) is 15.5. The van der Waals surface area contributed by atoms with E-state index in [1.807, 2.05) is 0 Å². The maximum absolute atomic E-state index is 12.9. The van der Waals surface area contributed by atoms with E-state index in [9.17, 15) is 9.18 Å². The van der Waals surface area contributed by atoms with Crippen LogP contribution >= 0.6 is 0 Å². The number of carbonyl (C=O) groups is 1. The van der Waals surface area contributed by atoms with E-state index in [0.717, 1.165) is 0 Å². The predicted octanol–water partition coefficient (Wildman–Crippen LogP) is 1.75. The Bertz CT molecular complexity index is 603. The second kappa shape index (κ2) is 7.22. The fraction of sp³-hybridized carbons (Fsp3) is 0.308. The van der Waals surface area contributed by atoms with Gasteiger partial charge in [0, 0.05) is 6.07 Å². The summed E-state index contributed by atoms with van der Waals surface area (Å²) in [5, 5.41) is 8.80. The number of rotatable bonds is 7. The van der Waals surface area contributed by atoms with Gasteiger partial charge in [0.2, 0.25) is 11.9 Å². The molecule has 8 heteroatoms. The molecule has 21 heavy (non-hydrogen) atoms. The molecule has 112 valence electrons. The molecule has 1 aromatic heterocycles. The van der Waals surface area contributed by atoms with Gasteiger partial charge in [0.1, 0.15) is 11.6 Å². The van der Waals surface area contributed by atoms with Crippen LogP contribution in [-0.2, 0) is 4.79 Å². The molecule has 0 radical (unpaired) electrons. The lowest BCUT2D eigenvalue weighted by Crippen LogP contribution is -2.16. The van der Waals surface area contributed by atoms with Gasteiger partial charge in [-0.1, -0.05) is 6.07 Å². The number of hydrogen-bond acceptors (Lipinski definition) is 5. The van der Waals surface area contributed by atoms with Crippen molar-refractivity contribution in [1.82, 2.24) is 15.2 Å². The number of halogens is 1. The van der Waals surface area contributed by atoms with Gasteiger partial charge in [0.15, 0.2) is 0 Å². The number of nitrogens with zero attached hydrogens (tertiary/aromatic N) is 2. The summed E-state index contributed by atoms with van der Waals surface area (Å²) in [7, 11) is 0. The van der Waals surface area contributed by atoms with Crippen LogP contribution in [0.25, 0.3) is 0 Å². The van der Waals surface area contributed by atoms with E-state index < -0.39 is 0 Å². The van der Waals surface area contributed by atoms with Gasteiger partial charge in [-0.25, -0.2) is 9.49 Å². The number of ether oxygens (including phenoxy) is 2. The standard InChI is InChI=1S/C13H15FN4O3/c1-2-20-13-16-12(17-18-13)15-11(19)6-7-21-10-5-3-4-9(14)8-10/h3-5,8H,2,6-7H2,1H3,(H2,15,16,17,18,19). The normalized spacial score (nSPS) is 10.2. The molecular weight excluding hydrogens is 279 g/mol. The van der Waals surface area contributed by atoms with Gasteiger partial charge < -0.3 is 9.47 Å². The molecule has 0 aliphatic rings. The van der Waals surface area contributed by atoms with Crippen LogP contribution in [0.3, 0.4) is 0 Å². The molecule has 0 saturated heterocycles. The van der Waals surface area contributed by atoms with E-state index in [1.54, 1.807) is 13.0 Å². The molecule has 2 rings (SSSR count). The van der Waals surface area contributed by atoms with Gasteiger partial charge in [0.05, 0.1) is 19.6 Å². The summed E-state index contributed by atoms with van der Waals surface area (Å²) in [5.74, 6) is -0.108. The van der Waals surface area contributed by atoms with Crippen LogP contribution in [0.2, 0.25) is 0 Å². The molecule has 0 aliphatic heterocycles. The molecule has 2 aromatic rings. The molecule has 0 fully saturated rings. The molecule has 0 aliphatic carbocycles. The van der Waals surface area contributed by atoms with E-state index in [-0.39, 0.29) is 36.7 Å². The summed E-state index contributed by atoms with van der Waals surface area (Å²) in [6.07, 6.45) is 0.0984. The van der Waals surface area contributed by atoms with E-state index in [1.165, 1.54) is 18.2 Å². The van der Waals surface area contributed by atoms with E-state index in [4.69, 9.17) is 9.47 Å². The second-order valence-electron chi connectivity index (χ2n) is 4.00. The third-order valence-electron chi connectivity index (χ3n) is 2.39. The summed E-state index contributed by atoms with van der Waals surface area (Å²) in [6, 6.07) is 5.89. The third kappa shape index (κ3) is 4.75. The number of H-pyrrole nitrogens is 1. The van der Waals surface area contributed by atoms with E-state index >= 15 is 0 Å². The van der Waals surface area contributed by atoms with Crippen LogP contribution < -0.4 is 14.8 Å². The quantitative estimate of drug-likeness (QED) is 0.812. The van der Waals surface area contributed by atoms with Gasteiger partial charge in [-0.2, -0.15) is 4.98 Å². The molecule has 2 N–H and O–H groups in total. The first-order valence-electron chi connectivity index (χ1n) is 6.41. The highest BCUT2D eigenvalue weighted by Crippen LogP contribution is 2.12. The molecule has 1 aromatic carbocycles. The van der Waals surface area contributed by atoms with Crippen molar-refractivity contribution >= 4 is 11.9 Å². The molecule has 1 amide bonds. The van der Waals surface area contributed by atoms with Gasteiger partial charge in [-0.3, -0.25) is 10.1 Å². The molecule has 0 spiro atoms. The van der Waals surface area contributed by atoms with Crippen molar-refractivity contribution in [2.75, 3.05) is 18.5 Å². The Morgan fingerprint density at radius 1 is 1.43 bits per heavy atom. The minimum atomic E-state index is -0.387. The van der Waals surface area contributed by atoms with Crippen molar-refractivity contribution in [2.24, 2.45) is 0 Å². The minimum Gasteiger partial charge on any atom is -0.493 e. The number of benzene rings is 1. The summed E-state index contributed by atoms with van der Waals surface area (Å²) < 4.78 is 23.2. The molecule has 1 heterocycles. The van der Waals surface area contributed by atoms with Crippen molar-refractivity contribution in [3.8, 4) is 11.8 Å². The topological polar surface area (TPSA) is 89.1 Å². The fourth-order valence-electron chi connectivity index (χ4n) is 1.51. The average molecular weight is 294 g/mol. The van der Waals surface area contributed by atoms with Crippen LogP contribution in [0.5, 0.6) is 11.8 Å². The van der Waals surface area contributed by atoms with Crippen LogP contribution in [0, 0.1) is 5.82 Å². The molecule has 0 atom stereocenters. The number of aromatic amines is 1. The largest absolute Gasteiger partial charge is 0.493 e. The van der Waals surface area contributed by atoms with Crippen molar-refractivity contribution in [3.63, 3.8) is 0 Å². The minimum absolute atomic E-state index is 0.0984. The van der Waals surface area contributed by atoms with E-state index in [0.29, 0.717) is 12.4 Å². The molecule has 0 unspecified atom stereocenters. The summed E-state index contributed by atoms with van der Waals surface area (Å²) in [5.41, 5.74) is 0. The van der Waals surface area contributed by atoms with Crippen molar-refractivity contribution in [3.05, 3.63) is 30.1 Å². The lowest BCUT2D eigenvalue weighted by Gasteiger charge is -2.05. The van der Waals surface area contributed by atoms with Crippen molar-refractivity contribution in [2.45, 2.75) is 13.3 Å². The first kappa shape index (κ1) is 14.8. The Kier molecular flexibility index (Phi) is 5.08.